The number of hydrogen-bond donors (Lipinski definition) is 1. The van der Waals surface area contributed by atoms with Crippen LogP contribution < -0.4 is 10.1 Å². The van der Waals surface area contributed by atoms with Crippen molar-refractivity contribution in [2.45, 2.75) is 30.4 Å². The average molecular weight is 472 g/mol. The summed E-state index contributed by atoms with van der Waals surface area (Å²) in [5, 5.41) is 13.2. The molecule has 1 aromatic heterocycles. The molecule has 0 aliphatic heterocycles. The third-order valence-corrected chi connectivity index (χ3v) is 5.30. The van der Waals surface area contributed by atoms with E-state index in [-0.39, 0.29) is 15.9 Å². The lowest BCUT2D eigenvalue weighted by molar-refractivity contribution is -0.137. The number of thioether (sulfide) groups is 1. The number of amides is 1. The van der Waals surface area contributed by atoms with Crippen LogP contribution in [-0.4, -0.2) is 38.0 Å². The standard InChI is InChI=1S/C19H17ClF3N5O2S/c1-3-30-16-7-5-4-6-15(16)28-18(25-26-27-28)31-11(2)17(29)24-14-9-8-12(20)10-13(14)19(21,22)23/h4-11H,3H2,1-2H3,(H,24,29)/t11-/m1/s1. The second-order valence-corrected chi connectivity index (χ2v) is 7.96. The van der Waals surface area contributed by atoms with Gasteiger partial charge >= 0.3 is 6.18 Å². The molecule has 3 rings (SSSR count). The maximum atomic E-state index is 13.3. The molecule has 0 fully saturated rings. The van der Waals surface area contributed by atoms with Crippen LogP contribution in [-0.2, 0) is 11.0 Å². The summed E-state index contributed by atoms with van der Waals surface area (Å²) in [6.07, 6.45) is -4.67. The van der Waals surface area contributed by atoms with Gasteiger partial charge < -0.3 is 10.1 Å². The lowest BCUT2D eigenvalue weighted by Gasteiger charge is -2.16. The molecule has 12 heteroatoms. The van der Waals surface area contributed by atoms with Crippen LogP contribution in [0.5, 0.6) is 5.75 Å². The monoisotopic (exact) mass is 471 g/mol. The molecule has 164 valence electrons. The van der Waals surface area contributed by atoms with Crippen LogP contribution in [0.15, 0.2) is 47.6 Å². The molecule has 0 unspecified atom stereocenters. The Labute approximate surface area is 184 Å². The van der Waals surface area contributed by atoms with Crippen molar-refractivity contribution in [3.63, 3.8) is 0 Å². The van der Waals surface area contributed by atoms with E-state index in [0.717, 1.165) is 23.9 Å². The summed E-state index contributed by atoms with van der Waals surface area (Å²) in [5.74, 6) is -0.0993. The van der Waals surface area contributed by atoms with Gasteiger partial charge in [-0.2, -0.15) is 17.9 Å². The number of anilines is 1. The number of carbonyl (C=O) groups excluding carboxylic acids is 1. The van der Waals surface area contributed by atoms with Gasteiger partial charge in [0.2, 0.25) is 11.1 Å². The molecule has 7 nitrogen and oxygen atoms in total. The second-order valence-electron chi connectivity index (χ2n) is 6.21. The Kier molecular flexibility index (Phi) is 7.06. The molecular weight excluding hydrogens is 455 g/mol. The molecule has 1 amide bonds. The summed E-state index contributed by atoms with van der Waals surface area (Å²) in [5.41, 5.74) is -0.835. The summed E-state index contributed by atoms with van der Waals surface area (Å²) in [6.45, 7) is 3.81. The fourth-order valence-electron chi connectivity index (χ4n) is 2.62. The zero-order valence-electron chi connectivity index (χ0n) is 16.4. The Hall–Kier alpha value is -2.79. The van der Waals surface area contributed by atoms with Crippen LogP contribution in [0.4, 0.5) is 18.9 Å². The minimum Gasteiger partial charge on any atom is -0.492 e. The molecule has 0 saturated heterocycles. The van der Waals surface area contributed by atoms with Crippen LogP contribution in [0, 0.1) is 0 Å². The van der Waals surface area contributed by atoms with Crippen molar-refractivity contribution in [2.75, 3.05) is 11.9 Å². The highest BCUT2D eigenvalue weighted by molar-refractivity contribution is 8.00. The first-order chi connectivity index (χ1) is 14.7. The van der Waals surface area contributed by atoms with E-state index in [0.29, 0.717) is 18.0 Å². The molecule has 0 radical (unpaired) electrons. The Morgan fingerprint density at radius 3 is 2.74 bits per heavy atom. The number of nitrogens with one attached hydrogen (secondary N) is 1. The lowest BCUT2D eigenvalue weighted by atomic mass is 10.1. The fourth-order valence-corrected chi connectivity index (χ4v) is 3.59. The summed E-state index contributed by atoms with van der Waals surface area (Å²) in [4.78, 5) is 12.6. The van der Waals surface area contributed by atoms with Crippen molar-refractivity contribution < 1.29 is 22.7 Å². The summed E-state index contributed by atoms with van der Waals surface area (Å²) >= 11 is 6.67. The third kappa shape index (κ3) is 5.47. The normalized spacial score (nSPS) is 12.5. The van der Waals surface area contributed by atoms with E-state index in [1.807, 2.05) is 6.92 Å². The molecule has 1 atom stereocenters. The third-order valence-electron chi connectivity index (χ3n) is 4.03. The number of carbonyl (C=O) groups is 1. The summed E-state index contributed by atoms with van der Waals surface area (Å²) in [6, 6.07) is 10.2. The molecule has 1 N–H and O–H groups in total. The summed E-state index contributed by atoms with van der Waals surface area (Å²) < 4.78 is 46.8. The van der Waals surface area contributed by atoms with Gasteiger partial charge in [0.15, 0.2) is 0 Å². The zero-order valence-corrected chi connectivity index (χ0v) is 17.9. The van der Waals surface area contributed by atoms with Crippen LogP contribution in [0.3, 0.4) is 0 Å². The molecule has 0 spiro atoms. The van der Waals surface area contributed by atoms with Gasteiger partial charge in [-0.1, -0.05) is 35.5 Å². The Morgan fingerprint density at radius 2 is 2.03 bits per heavy atom. The van der Waals surface area contributed by atoms with Gasteiger partial charge in [0.05, 0.1) is 23.1 Å². The molecule has 0 bridgehead atoms. The van der Waals surface area contributed by atoms with E-state index in [1.165, 1.54) is 17.7 Å². The first-order valence-electron chi connectivity index (χ1n) is 9.05. The highest BCUT2D eigenvalue weighted by Crippen LogP contribution is 2.37. The number of tetrazole rings is 1. The van der Waals surface area contributed by atoms with Crippen molar-refractivity contribution >= 4 is 35.0 Å². The minimum absolute atomic E-state index is 0.0834. The molecule has 0 aliphatic rings. The van der Waals surface area contributed by atoms with E-state index >= 15 is 0 Å². The molecule has 0 saturated carbocycles. The van der Waals surface area contributed by atoms with Gasteiger partial charge in [0, 0.05) is 5.02 Å². The first kappa shape index (κ1) is 22.9. The van der Waals surface area contributed by atoms with Gasteiger partial charge in [0.25, 0.3) is 0 Å². The minimum atomic E-state index is -4.67. The van der Waals surface area contributed by atoms with Crippen LogP contribution in [0.25, 0.3) is 5.69 Å². The Bertz CT molecular complexity index is 1080. The number of benzene rings is 2. The smallest absolute Gasteiger partial charge is 0.418 e. The van der Waals surface area contributed by atoms with E-state index < -0.39 is 22.9 Å². The van der Waals surface area contributed by atoms with Crippen molar-refractivity contribution in [2.24, 2.45) is 0 Å². The number of aromatic nitrogens is 4. The van der Waals surface area contributed by atoms with Crippen molar-refractivity contribution in [1.29, 1.82) is 0 Å². The Morgan fingerprint density at radius 1 is 1.29 bits per heavy atom. The van der Waals surface area contributed by atoms with Crippen molar-refractivity contribution in [3.05, 3.63) is 53.1 Å². The van der Waals surface area contributed by atoms with E-state index in [4.69, 9.17) is 16.3 Å². The molecule has 0 aliphatic carbocycles. The maximum absolute atomic E-state index is 13.3. The number of nitrogens with zero attached hydrogens (tertiary/aromatic N) is 4. The average Bonchev–Trinajstić information content (AvgIpc) is 3.17. The molecular formula is C19H17ClF3N5O2S. The van der Waals surface area contributed by atoms with Gasteiger partial charge in [-0.05, 0) is 54.6 Å². The van der Waals surface area contributed by atoms with Gasteiger partial charge in [-0.15, -0.1) is 5.10 Å². The number of alkyl halides is 3. The van der Waals surface area contributed by atoms with Gasteiger partial charge in [0.1, 0.15) is 11.4 Å². The first-order valence-corrected chi connectivity index (χ1v) is 10.3. The van der Waals surface area contributed by atoms with E-state index in [1.54, 1.807) is 24.3 Å². The Balaban J connectivity index is 1.80. The van der Waals surface area contributed by atoms with E-state index in [2.05, 4.69) is 20.8 Å². The van der Waals surface area contributed by atoms with Crippen molar-refractivity contribution in [1.82, 2.24) is 20.2 Å². The molecule has 1 heterocycles. The SMILES string of the molecule is CCOc1ccccc1-n1nnnc1S[C@H](C)C(=O)Nc1ccc(Cl)cc1C(F)(F)F. The fraction of sp³-hybridized carbons (Fsp3) is 0.263. The van der Waals surface area contributed by atoms with Crippen LogP contribution in [0.2, 0.25) is 5.02 Å². The lowest BCUT2D eigenvalue weighted by Crippen LogP contribution is -2.24. The summed E-state index contributed by atoms with van der Waals surface area (Å²) in [7, 11) is 0. The predicted octanol–water partition coefficient (Wildman–Crippen LogP) is 4.85. The molecule has 31 heavy (non-hydrogen) atoms. The second kappa shape index (κ2) is 9.56. The largest absolute Gasteiger partial charge is 0.492 e. The maximum Gasteiger partial charge on any atom is 0.418 e. The predicted molar refractivity (Wildman–Crippen MR) is 111 cm³/mol. The number of ether oxygens (including phenoxy) is 1. The van der Waals surface area contributed by atoms with Gasteiger partial charge in [-0.25, -0.2) is 0 Å². The highest BCUT2D eigenvalue weighted by atomic mass is 35.5. The van der Waals surface area contributed by atoms with Gasteiger partial charge in [-0.3, -0.25) is 4.79 Å². The van der Waals surface area contributed by atoms with Crippen LogP contribution in [0.1, 0.15) is 19.4 Å². The number of rotatable bonds is 7. The topological polar surface area (TPSA) is 81.9 Å². The molecule has 3 aromatic rings. The molecule has 2 aromatic carbocycles. The quantitative estimate of drug-likeness (QED) is 0.496. The van der Waals surface area contributed by atoms with Crippen molar-refractivity contribution in [3.8, 4) is 11.4 Å². The number of hydrogen-bond acceptors (Lipinski definition) is 6. The number of halogens is 4. The van der Waals surface area contributed by atoms with E-state index in [9.17, 15) is 18.0 Å². The van der Waals surface area contributed by atoms with Crippen LogP contribution >= 0.6 is 23.4 Å². The number of para-hydroxylation sites is 2. The zero-order chi connectivity index (χ0) is 22.6. The highest BCUT2D eigenvalue weighted by Gasteiger charge is 2.34.